The third-order valence-corrected chi connectivity index (χ3v) is 3.05. The molecule has 0 aromatic heterocycles. The summed E-state index contributed by atoms with van der Waals surface area (Å²) in [4.78, 5) is 23.9. The van der Waals surface area contributed by atoms with E-state index in [0.717, 1.165) is 18.7 Å². The number of carbonyl (C=O) groups excluding carboxylic acids is 2. The molecule has 1 aromatic rings. The van der Waals surface area contributed by atoms with Gasteiger partial charge in [0.25, 0.3) is 0 Å². The maximum atomic E-state index is 11.5. The number of fused-ring (bicyclic) bond motifs is 1. The molecule has 0 bridgehead atoms. The predicted octanol–water partition coefficient (Wildman–Crippen LogP) is -2.85. The van der Waals surface area contributed by atoms with Gasteiger partial charge in [0.15, 0.2) is 0 Å². The maximum Gasteiger partial charge on any atom is 1.00 e. The Kier molecular flexibility index (Phi) is 5.85. The molecule has 6 heteroatoms. The zero-order valence-corrected chi connectivity index (χ0v) is 13.2. The van der Waals surface area contributed by atoms with Crippen LogP contribution < -0.4 is 44.9 Å². The number of hydrogen-bond donors (Lipinski definition) is 1. The van der Waals surface area contributed by atoms with Crippen LogP contribution in [0.2, 0.25) is 0 Å². The van der Waals surface area contributed by atoms with Crippen LogP contribution in [0.3, 0.4) is 0 Å². The van der Waals surface area contributed by atoms with Gasteiger partial charge >= 0.3 is 29.6 Å². The fourth-order valence-electron chi connectivity index (χ4n) is 2.06. The number of likely N-dealkylation sites (N-methyl/N-ethyl adjacent to an activating group) is 1. The number of carboxylic acids is 1. The molecule has 96 valence electrons. The molecule has 0 atom stereocenters. The minimum atomic E-state index is -1.21. The Morgan fingerprint density at radius 3 is 2.79 bits per heavy atom. The van der Waals surface area contributed by atoms with E-state index in [1.54, 1.807) is 0 Å². The number of benzene rings is 1. The molecule has 1 aromatic carbocycles. The van der Waals surface area contributed by atoms with Gasteiger partial charge in [-0.15, -0.1) is 0 Å². The molecule has 0 radical (unpaired) electrons. The van der Waals surface area contributed by atoms with E-state index in [2.05, 4.69) is 10.2 Å². The first-order valence-electron chi connectivity index (χ1n) is 5.90. The van der Waals surface area contributed by atoms with Crippen molar-refractivity contribution in [2.24, 2.45) is 0 Å². The SMILES string of the molecule is CN1CCc2ccc(NC(=O)CCC(=O)[O-])cc21.[Na+]. The summed E-state index contributed by atoms with van der Waals surface area (Å²) in [5, 5.41) is 12.9. The number of nitrogens with zero attached hydrogens (tertiary/aromatic N) is 1. The van der Waals surface area contributed by atoms with Crippen molar-refractivity contribution in [1.29, 1.82) is 0 Å². The molecule has 2 rings (SSSR count). The van der Waals surface area contributed by atoms with Gasteiger partial charge in [0.1, 0.15) is 0 Å². The maximum absolute atomic E-state index is 11.5. The third kappa shape index (κ3) is 4.23. The molecule has 1 N–H and O–H groups in total. The normalized spacial score (nSPS) is 12.6. The number of carbonyl (C=O) groups is 2. The number of anilines is 2. The molecule has 1 aliphatic heterocycles. The van der Waals surface area contributed by atoms with E-state index in [4.69, 9.17) is 0 Å². The van der Waals surface area contributed by atoms with Gasteiger partial charge in [-0.1, -0.05) is 6.07 Å². The van der Waals surface area contributed by atoms with E-state index in [1.165, 1.54) is 5.56 Å². The monoisotopic (exact) mass is 270 g/mol. The minimum absolute atomic E-state index is 0. The summed E-state index contributed by atoms with van der Waals surface area (Å²) in [6.45, 7) is 0.984. The van der Waals surface area contributed by atoms with Gasteiger partial charge < -0.3 is 20.1 Å². The van der Waals surface area contributed by atoms with E-state index in [0.29, 0.717) is 5.69 Å². The van der Waals surface area contributed by atoms with Crippen LogP contribution in [-0.2, 0) is 16.0 Å². The summed E-state index contributed by atoms with van der Waals surface area (Å²) < 4.78 is 0. The Bertz CT molecular complexity index is 491. The standard InChI is InChI=1S/C13H16N2O3.Na/c1-15-7-6-9-2-3-10(8-11(9)15)14-12(16)4-5-13(17)18;/h2-3,8H,4-7H2,1H3,(H,14,16)(H,17,18);/q;+1/p-1. The number of rotatable bonds is 4. The van der Waals surface area contributed by atoms with E-state index in [9.17, 15) is 14.7 Å². The number of aliphatic carboxylic acids is 1. The Morgan fingerprint density at radius 1 is 1.37 bits per heavy atom. The van der Waals surface area contributed by atoms with E-state index in [1.807, 2.05) is 25.2 Å². The summed E-state index contributed by atoms with van der Waals surface area (Å²) in [5.41, 5.74) is 3.09. The molecule has 0 spiro atoms. The van der Waals surface area contributed by atoms with Crippen molar-refractivity contribution in [1.82, 2.24) is 0 Å². The third-order valence-electron chi connectivity index (χ3n) is 3.05. The summed E-state index contributed by atoms with van der Waals surface area (Å²) in [5.74, 6) is -1.52. The first kappa shape index (κ1) is 16.0. The van der Waals surface area contributed by atoms with Crippen molar-refractivity contribution in [3.05, 3.63) is 23.8 Å². The van der Waals surface area contributed by atoms with Crippen LogP contribution in [0.5, 0.6) is 0 Å². The van der Waals surface area contributed by atoms with Crippen molar-refractivity contribution < 1.29 is 44.3 Å². The van der Waals surface area contributed by atoms with Crippen LogP contribution in [-0.4, -0.2) is 25.5 Å². The molecule has 1 heterocycles. The summed E-state index contributed by atoms with van der Waals surface area (Å²) in [6.07, 6.45) is 0.705. The van der Waals surface area contributed by atoms with E-state index >= 15 is 0 Å². The minimum Gasteiger partial charge on any atom is -0.550 e. The number of amides is 1. The Hall–Kier alpha value is -1.04. The largest absolute Gasteiger partial charge is 1.00 e. The van der Waals surface area contributed by atoms with Crippen LogP contribution in [0.15, 0.2) is 18.2 Å². The van der Waals surface area contributed by atoms with Crippen molar-refractivity contribution in [3.8, 4) is 0 Å². The Morgan fingerprint density at radius 2 is 2.11 bits per heavy atom. The second kappa shape index (κ2) is 6.93. The fourth-order valence-corrected chi connectivity index (χ4v) is 2.06. The van der Waals surface area contributed by atoms with E-state index < -0.39 is 5.97 Å². The first-order chi connectivity index (χ1) is 8.56. The van der Waals surface area contributed by atoms with Gasteiger partial charge in [0.2, 0.25) is 5.91 Å². The molecule has 0 aliphatic carbocycles. The predicted molar refractivity (Wildman–Crippen MR) is 66.3 cm³/mol. The van der Waals surface area contributed by atoms with Crippen molar-refractivity contribution in [2.45, 2.75) is 19.3 Å². The quantitative estimate of drug-likeness (QED) is 0.598. The molecule has 0 saturated heterocycles. The zero-order chi connectivity index (χ0) is 13.1. The van der Waals surface area contributed by atoms with Gasteiger partial charge in [-0.2, -0.15) is 0 Å². The Balaban J connectivity index is 0.00000180. The van der Waals surface area contributed by atoms with Crippen LogP contribution in [0, 0.1) is 0 Å². The zero-order valence-electron chi connectivity index (χ0n) is 11.2. The van der Waals surface area contributed by atoms with Crippen LogP contribution in [0.4, 0.5) is 11.4 Å². The molecule has 0 unspecified atom stereocenters. The van der Waals surface area contributed by atoms with Gasteiger partial charge in [0, 0.05) is 37.4 Å². The van der Waals surface area contributed by atoms with Gasteiger partial charge in [0.05, 0.1) is 0 Å². The van der Waals surface area contributed by atoms with Crippen LogP contribution in [0.25, 0.3) is 0 Å². The van der Waals surface area contributed by atoms with Crippen molar-refractivity contribution >= 4 is 23.3 Å². The van der Waals surface area contributed by atoms with Crippen LogP contribution >= 0.6 is 0 Å². The van der Waals surface area contributed by atoms with Crippen molar-refractivity contribution in [2.75, 3.05) is 23.8 Å². The number of hydrogen-bond acceptors (Lipinski definition) is 4. The smallest absolute Gasteiger partial charge is 0.550 e. The second-order valence-electron chi connectivity index (χ2n) is 4.44. The van der Waals surface area contributed by atoms with Gasteiger partial charge in [-0.3, -0.25) is 4.79 Å². The van der Waals surface area contributed by atoms with Crippen LogP contribution in [0.1, 0.15) is 18.4 Å². The molecule has 1 aliphatic rings. The first-order valence-corrected chi connectivity index (χ1v) is 5.90. The molecule has 0 fully saturated rings. The topological polar surface area (TPSA) is 72.5 Å². The molecule has 1 amide bonds. The van der Waals surface area contributed by atoms with E-state index in [-0.39, 0.29) is 48.3 Å². The summed E-state index contributed by atoms with van der Waals surface area (Å²) in [7, 11) is 2.01. The average molecular weight is 270 g/mol. The number of carboxylic acid groups (broad SMARTS) is 1. The Labute approximate surface area is 134 Å². The summed E-state index contributed by atoms with van der Waals surface area (Å²) in [6, 6.07) is 5.75. The summed E-state index contributed by atoms with van der Waals surface area (Å²) >= 11 is 0. The van der Waals surface area contributed by atoms with Crippen molar-refractivity contribution in [3.63, 3.8) is 0 Å². The molecular weight excluding hydrogens is 255 g/mol. The second-order valence-corrected chi connectivity index (χ2v) is 4.44. The molecule has 0 saturated carbocycles. The molecular formula is C13H15N2NaO3. The molecule has 19 heavy (non-hydrogen) atoms. The average Bonchev–Trinajstić information content (AvgIpc) is 2.69. The fraction of sp³-hybridized carbons (Fsp3) is 0.385. The number of nitrogens with one attached hydrogen (secondary N) is 1. The van der Waals surface area contributed by atoms with Gasteiger partial charge in [-0.05, 0) is 30.5 Å². The van der Waals surface area contributed by atoms with Gasteiger partial charge in [-0.25, -0.2) is 0 Å². The molecule has 5 nitrogen and oxygen atoms in total.